The maximum Gasteiger partial charge on any atom is 0.251 e. The molecule has 0 aromatic heterocycles. The van der Waals surface area contributed by atoms with Crippen LogP contribution in [0.25, 0.3) is 11.1 Å². The van der Waals surface area contributed by atoms with Gasteiger partial charge in [0.2, 0.25) is 0 Å². The van der Waals surface area contributed by atoms with E-state index in [9.17, 15) is 4.79 Å². The van der Waals surface area contributed by atoms with E-state index in [1.807, 2.05) is 42.5 Å². The van der Waals surface area contributed by atoms with Crippen molar-refractivity contribution in [3.05, 3.63) is 87.4 Å². The molecule has 0 bridgehead atoms. The Morgan fingerprint density at radius 3 is 2.68 bits per heavy atom. The zero-order valence-corrected chi connectivity index (χ0v) is 18.4. The average Bonchev–Trinajstić information content (AvgIpc) is 3.18. The lowest BCUT2D eigenvalue weighted by Crippen LogP contribution is -2.24. The van der Waals surface area contributed by atoms with E-state index >= 15 is 0 Å². The summed E-state index contributed by atoms with van der Waals surface area (Å²) in [6, 6.07) is 21.8. The Labute approximate surface area is 192 Å². The van der Waals surface area contributed by atoms with E-state index < -0.39 is 0 Å². The summed E-state index contributed by atoms with van der Waals surface area (Å²) >= 11 is 12.2. The van der Waals surface area contributed by atoms with Gasteiger partial charge >= 0.3 is 0 Å². The fourth-order valence-electron chi connectivity index (χ4n) is 3.82. The van der Waals surface area contributed by atoms with Crippen LogP contribution in [-0.2, 0) is 13.0 Å². The summed E-state index contributed by atoms with van der Waals surface area (Å²) in [6.45, 7) is 2.05. The number of nitrogens with one attached hydrogen (secondary N) is 1. The number of hydrogen-bond acceptors (Lipinski definition) is 3. The monoisotopic (exact) mass is 449 g/mol. The zero-order valence-electron chi connectivity index (χ0n) is 16.9. The van der Waals surface area contributed by atoms with Gasteiger partial charge in [0.15, 0.2) is 0 Å². The molecule has 0 aliphatic carbocycles. The van der Waals surface area contributed by atoms with Crippen LogP contribution in [0.4, 0.5) is 5.69 Å². The number of nitriles is 1. The molecule has 1 aliphatic rings. The van der Waals surface area contributed by atoms with Crippen molar-refractivity contribution in [2.24, 2.45) is 0 Å². The Hall–Kier alpha value is -3.00. The molecule has 0 fully saturated rings. The van der Waals surface area contributed by atoms with Gasteiger partial charge in [-0.3, -0.25) is 4.79 Å². The van der Waals surface area contributed by atoms with Crippen LogP contribution in [0, 0.1) is 11.3 Å². The lowest BCUT2D eigenvalue weighted by molar-refractivity contribution is 0.0954. The summed E-state index contributed by atoms with van der Waals surface area (Å²) in [7, 11) is 0. The van der Waals surface area contributed by atoms with Crippen molar-refractivity contribution in [2.45, 2.75) is 19.4 Å². The van der Waals surface area contributed by atoms with Gasteiger partial charge in [-0.05, 0) is 59.0 Å². The van der Waals surface area contributed by atoms with E-state index in [1.165, 1.54) is 11.3 Å². The van der Waals surface area contributed by atoms with Crippen molar-refractivity contribution in [1.82, 2.24) is 5.32 Å². The standard InChI is InChI=1S/C25H21Cl2N3O/c26-22-8-5-17(13-23(22)27)16-30-12-9-18-6-7-20(15-24(18)30)19-3-1-4-21(14-19)25(31)29-11-2-10-28/h1,3-8,13-15H,2,9,11-12,16H2,(H,29,31). The highest BCUT2D eigenvalue weighted by molar-refractivity contribution is 6.42. The number of rotatable bonds is 6. The molecule has 4 rings (SSSR count). The molecule has 1 heterocycles. The number of nitrogens with zero attached hydrogens (tertiary/aromatic N) is 2. The number of carbonyl (C=O) groups is 1. The summed E-state index contributed by atoms with van der Waals surface area (Å²) in [5, 5.41) is 12.5. The number of carbonyl (C=O) groups excluding carboxylic acids is 1. The summed E-state index contributed by atoms with van der Waals surface area (Å²) in [6.07, 6.45) is 1.29. The number of amides is 1. The summed E-state index contributed by atoms with van der Waals surface area (Å²) < 4.78 is 0. The molecule has 3 aromatic rings. The van der Waals surface area contributed by atoms with Crippen molar-refractivity contribution >= 4 is 34.8 Å². The molecule has 0 radical (unpaired) electrons. The van der Waals surface area contributed by atoms with Crippen LogP contribution in [-0.4, -0.2) is 19.0 Å². The molecule has 1 aliphatic heterocycles. The number of fused-ring (bicyclic) bond motifs is 1. The van der Waals surface area contributed by atoms with Gasteiger partial charge in [0.25, 0.3) is 5.91 Å². The van der Waals surface area contributed by atoms with Gasteiger partial charge < -0.3 is 10.2 Å². The first-order valence-electron chi connectivity index (χ1n) is 10.1. The lowest BCUT2D eigenvalue weighted by Gasteiger charge is -2.20. The van der Waals surface area contributed by atoms with E-state index in [0.29, 0.717) is 28.6 Å². The maximum absolute atomic E-state index is 12.3. The smallest absolute Gasteiger partial charge is 0.251 e. The highest BCUT2D eigenvalue weighted by Crippen LogP contribution is 2.34. The first-order chi connectivity index (χ1) is 15.0. The van der Waals surface area contributed by atoms with E-state index in [-0.39, 0.29) is 5.91 Å². The maximum atomic E-state index is 12.3. The van der Waals surface area contributed by atoms with Crippen molar-refractivity contribution in [3.63, 3.8) is 0 Å². The van der Waals surface area contributed by atoms with Gasteiger partial charge in [0, 0.05) is 30.9 Å². The zero-order chi connectivity index (χ0) is 21.8. The normalized spacial score (nSPS) is 12.4. The first kappa shape index (κ1) is 21.2. The van der Waals surface area contributed by atoms with E-state index in [4.69, 9.17) is 28.5 Å². The number of hydrogen-bond donors (Lipinski definition) is 1. The second-order valence-electron chi connectivity index (χ2n) is 7.51. The van der Waals surface area contributed by atoms with E-state index in [2.05, 4.69) is 28.4 Å². The van der Waals surface area contributed by atoms with Gasteiger partial charge in [-0.2, -0.15) is 5.26 Å². The molecule has 156 valence electrons. The molecule has 6 heteroatoms. The SMILES string of the molecule is N#CCCNC(=O)c1cccc(-c2ccc3c(c2)N(Cc2ccc(Cl)c(Cl)c2)CC3)c1. The first-order valence-corrected chi connectivity index (χ1v) is 10.9. The predicted octanol–water partition coefficient (Wildman–Crippen LogP) is 5.87. The quantitative estimate of drug-likeness (QED) is 0.478. The number of halogens is 2. The molecule has 0 spiro atoms. The van der Waals surface area contributed by atoms with Crippen molar-refractivity contribution in [2.75, 3.05) is 18.0 Å². The minimum absolute atomic E-state index is 0.167. The fraction of sp³-hybridized carbons (Fsp3) is 0.200. The average molecular weight is 450 g/mol. The van der Waals surface area contributed by atoms with Crippen molar-refractivity contribution < 1.29 is 4.79 Å². The summed E-state index contributed by atoms with van der Waals surface area (Å²) in [4.78, 5) is 14.7. The van der Waals surface area contributed by atoms with Crippen LogP contribution in [0.15, 0.2) is 60.7 Å². The Kier molecular flexibility index (Phi) is 6.46. The lowest BCUT2D eigenvalue weighted by atomic mass is 10.00. The molecular weight excluding hydrogens is 429 g/mol. The molecule has 0 saturated carbocycles. The summed E-state index contributed by atoms with van der Waals surface area (Å²) in [5.41, 5.74) is 6.26. The molecule has 1 amide bonds. The second kappa shape index (κ2) is 9.43. The van der Waals surface area contributed by atoms with Crippen LogP contribution < -0.4 is 10.2 Å². The Bertz CT molecular complexity index is 1170. The third-order valence-corrected chi connectivity index (χ3v) is 6.15. The third kappa shape index (κ3) is 4.85. The third-order valence-electron chi connectivity index (χ3n) is 5.41. The minimum Gasteiger partial charge on any atom is -0.367 e. The topological polar surface area (TPSA) is 56.1 Å². The van der Waals surface area contributed by atoms with Gasteiger partial charge in [-0.15, -0.1) is 0 Å². The number of benzene rings is 3. The molecule has 1 N–H and O–H groups in total. The summed E-state index contributed by atoms with van der Waals surface area (Å²) in [5.74, 6) is -0.167. The van der Waals surface area contributed by atoms with Crippen LogP contribution in [0.2, 0.25) is 10.0 Å². The highest BCUT2D eigenvalue weighted by Gasteiger charge is 2.20. The Balaban J connectivity index is 1.56. The van der Waals surface area contributed by atoms with Crippen LogP contribution in [0.5, 0.6) is 0 Å². The fourth-order valence-corrected chi connectivity index (χ4v) is 4.14. The molecule has 0 unspecified atom stereocenters. The molecule has 4 nitrogen and oxygen atoms in total. The van der Waals surface area contributed by atoms with Gasteiger partial charge in [-0.1, -0.05) is 53.5 Å². The molecule has 31 heavy (non-hydrogen) atoms. The largest absolute Gasteiger partial charge is 0.367 e. The van der Waals surface area contributed by atoms with Gasteiger partial charge in [0.05, 0.1) is 22.5 Å². The Morgan fingerprint density at radius 1 is 1.03 bits per heavy atom. The molecule has 0 saturated heterocycles. The minimum atomic E-state index is -0.167. The van der Waals surface area contributed by atoms with Gasteiger partial charge in [-0.25, -0.2) is 0 Å². The number of anilines is 1. The predicted molar refractivity (Wildman–Crippen MR) is 126 cm³/mol. The molecule has 3 aromatic carbocycles. The highest BCUT2D eigenvalue weighted by atomic mass is 35.5. The van der Waals surface area contributed by atoms with Gasteiger partial charge in [0.1, 0.15) is 0 Å². The van der Waals surface area contributed by atoms with Crippen LogP contribution in [0.3, 0.4) is 0 Å². The van der Waals surface area contributed by atoms with E-state index in [1.54, 1.807) is 6.07 Å². The molecule has 0 atom stereocenters. The van der Waals surface area contributed by atoms with Crippen molar-refractivity contribution in [3.8, 4) is 17.2 Å². The van der Waals surface area contributed by atoms with E-state index in [0.717, 1.165) is 36.2 Å². The Morgan fingerprint density at radius 2 is 1.87 bits per heavy atom. The second-order valence-corrected chi connectivity index (χ2v) is 8.32. The van der Waals surface area contributed by atoms with Crippen molar-refractivity contribution in [1.29, 1.82) is 5.26 Å². The van der Waals surface area contributed by atoms with Crippen LogP contribution >= 0.6 is 23.2 Å². The van der Waals surface area contributed by atoms with Crippen LogP contribution in [0.1, 0.15) is 27.9 Å². The molecular formula is C25H21Cl2N3O.